The Hall–Kier alpha value is -1.56. The topological polar surface area (TPSA) is 54.0 Å². The van der Waals surface area contributed by atoms with Crippen LogP contribution in [0.5, 0.6) is 0 Å². The van der Waals surface area contributed by atoms with Gasteiger partial charge in [0.2, 0.25) is 5.78 Å². The van der Waals surface area contributed by atoms with Gasteiger partial charge in [0.1, 0.15) is 11.2 Å². The molecule has 3 heteroatoms. The summed E-state index contributed by atoms with van der Waals surface area (Å²) in [4.78, 5) is 11.9. The largest absolute Gasteiger partial charge is 0.458 e. The average Bonchev–Trinajstić information content (AvgIpc) is 2.50. The van der Waals surface area contributed by atoms with E-state index < -0.39 is 5.41 Å². The molecule has 1 aliphatic carbocycles. The molecule has 1 saturated carbocycles. The quantitative estimate of drug-likeness (QED) is 0.671. The fourth-order valence-electron chi connectivity index (χ4n) is 1.71. The highest BCUT2D eigenvalue weighted by molar-refractivity contribution is 6.00. The number of Topliss-reactive ketones (excluding diaryl/α,β-unsaturated/α-hetero) is 1. The first-order chi connectivity index (χ1) is 6.68. The van der Waals surface area contributed by atoms with Gasteiger partial charge in [-0.3, -0.25) is 4.79 Å². The fourth-order valence-corrected chi connectivity index (χ4v) is 1.71. The van der Waals surface area contributed by atoms with Crippen molar-refractivity contribution in [2.75, 3.05) is 0 Å². The smallest absolute Gasteiger partial charge is 0.218 e. The van der Waals surface area contributed by atoms with E-state index in [0.29, 0.717) is 24.4 Å². The molecular weight excluding hydrogens is 178 g/mol. The molecule has 0 spiro atoms. The molecule has 72 valence electrons. The lowest BCUT2D eigenvalue weighted by molar-refractivity contribution is 0.0716. The number of aryl methyl sites for hydroxylation is 1. The summed E-state index contributed by atoms with van der Waals surface area (Å²) >= 11 is 0. The summed E-state index contributed by atoms with van der Waals surface area (Å²) in [7, 11) is 0. The molecule has 2 rings (SSSR count). The van der Waals surface area contributed by atoms with Crippen LogP contribution < -0.4 is 0 Å². The molecule has 0 N–H and O–H groups in total. The van der Waals surface area contributed by atoms with Crippen molar-refractivity contribution in [2.45, 2.75) is 26.2 Å². The molecule has 1 aliphatic rings. The monoisotopic (exact) mass is 189 g/mol. The average molecular weight is 189 g/mol. The SMILES string of the molecule is Cc1ccc(C(=O)C2(C#N)CCC2)o1. The summed E-state index contributed by atoms with van der Waals surface area (Å²) in [6, 6.07) is 5.51. The molecule has 0 bridgehead atoms. The van der Waals surface area contributed by atoms with E-state index in [1.165, 1.54) is 0 Å². The Morgan fingerprint density at radius 3 is 2.64 bits per heavy atom. The van der Waals surface area contributed by atoms with E-state index >= 15 is 0 Å². The van der Waals surface area contributed by atoms with Gasteiger partial charge < -0.3 is 4.42 Å². The van der Waals surface area contributed by atoms with Gasteiger partial charge in [-0.25, -0.2) is 0 Å². The summed E-state index contributed by atoms with van der Waals surface area (Å²) in [5.41, 5.74) is -0.787. The van der Waals surface area contributed by atoms with Crippen molar-refractivity contribution in [3.63, 3.8) is 0 Å². The van der Waals surface area contributed by atoms with Gasteiger partial charge in [0.25, 0.3) is 0 Å². The molecule has 0 unspecified atom stereocenters. The predicted octanol–water partition coefficient (Wildman–Crippen LogP) is 2.46. The molecule has 1 aromatic rings. The molecule has 3 nitrogen and oxygen atoms in total. The third kappa shape index (κ3) is 1.15. The molecule has 0 atom stereocenters. The molecule has 0 saturated heterocycles. The van der Waals surface area contributed by atoms with Crippen LogP contribution in [0.25, 0.3) is 0 Å². The van der Waals surface area contributed by atoms with Crippen molar-refractivity contribution < 1.29 is 9.21 Å². The number of hydrogen-bond acceptors (Lipinski definition) is 3. The zero-order chi connectivity index (χ0) is 10.2. The Balaban J connectivity index is 2.28. The number of carbonyl (C=O) groups is 1. The van der Waals surface area contributed by atoms with Crippen LogP contribution in [0.1, 0.15) is 35.6 Å². The second-order valence-corrected chi connectivity index (χ2v) is 3.79. The molecule has 14 heavy (non-hydrogen) atoms. The third-order valence-electron chi connectivity index (χ3n) is 2.82. The van der Waals surface area contributed by atoms with Crippen molar-refractivity contribution in [1.29, 1.82) is 5.26 Å². The molecule has 0 radical (unpaired) electrons. The number of nitriles is 1. The summed E-state index contributed by atoms with van der Waals surface area (Å²) in [5.74, 6) is 0.879. The molecule has 0 aliphatic heterocycles. The van der Waals surface area contributed by atoms with Gasteiger partial charge in [0.05, 0.1) is 6.07 Å². The zero-order valence-electron chi connectivity index (χ0n) is 8.04. The summed E-state index contributed by atoms with van der Waals surface area (Å²) in [5, 5.41) is 8.96. The zero-order valence-corrected chi connectivity index (χ0v) is 8.04. The Bertz CT molecular complexity index is 407. The maximum atomic E-state index is 11.9. The highest BCUT2D eigenvalue weighted by atomic mass is 16.3. The first kappa shape index (κ1) is 9.01. The van der Waals surface area contributed by atoms with Gasteiger partial charge in [0, 0.05) is 0 Å². The number of ketones is 1. The molecular formula is C11H11NO2. The van der Waals surface area contributed by atoms with Crippen LogP contribution in [0.2, 0.25) is 0 Å². The van der Waals surface area contributed by atoms with Gasteiger partial charge in [-0.05, 0) is 38.3 Å². The highest BCUT2D eigenvalue weighted by Gasteiger charge is 2.46. The van der Waals surface area contributed by atoms with Crippen LogP contribution in [0.3, 0.4) is 0 Å². The number of furan rings is 1. The number of rotatable bonds is 2. The Morgan fingerprint density at radius 1 is 1.57 bits per heavy atom. The van der Waals surface area contributed by atoms with E-state index in [9.17, 15) is 4.79 Å². The Kier molecular flexibility index (Phi) is 1.92. The molecule has 1 heterocycles. The normalized spacial score (nSPS) is 18.3. The minimum Gasteiger partial charge on any atom is -0.458 e. The lowest BCUT2D eigenvalue weighted by Crippen LogP contribution is -2.36. The lowest BCUT2D eigenvalue weighted by atomic mass is 9.66. The van der Waals surface area contributed by atoms with Gasteiger partial charge in [-0.2, -0.15) is 5.26 Å². The van der Waals surface area contributed by atoms with Gasteiger partial charge in [-0.1, -0.05) is 0 Å². The van der Waals surface area contributed by atoms with E-state index in [0.717, 1.165) is 6.42 Å². The first-order valence-electron chi connectivity index (χ1n) is 4.70. The van der Waals surface area contributed by atoms with E-state index in [2.05, 4.69) is 6.07 Å². The molecule has 0 aromatic carbocycles. The maximum absolute atomic E-state index is 11.9. The summed E-state index contributed by atoms with van der Waals surface area (Å²) < 4.78 is 5.23. The minimum atomic E-state index is -0.787. The van der Waals surface area contributed by atoms with E-state index in [1.54, 1.807) is 19.1 Å². The summed E-state index contributed by atoms with van der Waals surface area (Å²) in [6.07, 6.45) is 2.29. The van der Waals surface area contributed by atoms with Gasteiger partial charge >= 0.3 is 0 Å². The molecule has 0 amide bonds. The van der Waals surface area contributed by atoms with E-state index in [-0.39, 0.29) is 5.78 Å². The van der Waals surface area contributed by atoms with Crippen LogP contribution >= 0.6 is 0 Å². The second kappa shape index (κ2) is 2.98. The van der Waals surface area contributed by atoms with Crippen LogP contribution in [0.4, 0.5) is 0 Å². The fraction of sp³-hybridized carbons (Fsp3) is 0.455. The van der Waals surface area contributed by atoms with Crippen molar-refractivity contribution in [1.82, 2.24) is 0 Å². The first-order valence-corrected chi connectivity index (χ1v) is 4.70. The highest BCUT2D eigenvalue weighted by Crippen LogP contribution is 2.43. The van der Waals surface area contributed by atoms with Crippen LogP contribution in [0.15, 0.2) is 16.5 Å². The van der Waals surface area contributed by atoms with Crippen LogP contribution in [-0.2, 0) is 0 Å². The minimum absolute atomic E-state index is 0.153. The van der Waals surface area contributed by atoms with Crippen LogP contribution in [-0.4, -0.2) is 5.78 Å². The lowest BCUT2D eigenvalue weighted by Gasteiger charge is -2.32. The number of carbonyl (C=O) groups excluding carboxylic acids is 1. The van der Waals surface area contributed by atoms with Gasteiger partial charge in [-0.15, -0.1) is 0 Å². The predicted molar refractivity (Wildman–Crippen MR) is 49.7 cm³/mol. The van der Waals surface area contributed by atoms with Crippen LogP contribution in [0, 0.1) is 23.7 Å². The maximum Gasteiger partial charge on any atom is 0.218 e. The molecule has 1 aromatic heterocycles. The van der Waals surface area contributed by atoms with Crippen molar-refractivity contribution in [2.24, 2.45) is 5.41 Å². The van der Waals surface area contributed by atoms with Crippen molar-refractivity contribution in [3.8, 4) is 6.07 Å². The summed E-state index contributed by atoms with van der Waals surface area (Å²) in [6.45, 7) is 1.79. The van der Waals surface area contributed by atoms with Crippen molar-refractivity contribution in [3.05, 3.63) is 23.7 Å². The second-order valence-electron chi connectivity index (χ2n) is 3.79. The Labute approximate surface area is 82.3 Å². The van der Waals surface area contributed by atoms with Crippen molar-refractivity contribution >= 4 is 5.78 Å². The third-order valence-corrected chi connectivity index (χ3v) is 2.82. The van der Waals surface area contributed by atoms with Gasteiger partial charge in [0.15, 0.2) is 5.76 Å². The Morgan fingerprint density at radius 2 is 2.29 bits per heavy atom. The van der Waals surface area contributed by atoms with E-state index in [4.69, 9.17) is 9.68 Å². The van der Waals surface area contributed by atoms with E-state index in [1.807, 2.05) is 0 Å². The number of nitrogens with zero attached hydrogens (tertiary/aromatic N) is 1. The number of hydrogen-bond donors (Lipinski definition) is 0. The standard InChI is InChI=1S/C11H11NO2/c1-8-3-4-9(14-8)10(13)11(7-12)5-2-6-11/h3-4H,2,5-6H2,1H3. The molecule has 1 fully saturated rings.